The van der Waals surface area contributed by atoms with E-state index in [1.807, 2.05) is 54.6 Å². The zero-order valence-corrected chi connectivity index (χ0v) is 13.3. The van der Waals surface area contributed by atoms with E-state index in [0.29, 0.717) is 6.54 Å². The van der Waals surface area contributed by atoms with Crippen LogP contribution in [0.3, 0.4) is 0 Å². The van der Waals surface area contributed by atoms with Crippen LogP contribution in [0.4, 0.5) is 10.5 Å². The summed E-state index contributed by atoms with van der Waals surface area (Å²) in [5.74, 6) is 0. The first-order chi connectivity index (χ1) is 11.2. The lowest BCUT2D eigenvalue weighted by Gasteiger charge is -2.06. The van der Waals surface area contributed by atoms with Gasteiger partial charge in [-0.2, -0.15) is 0 Å². The molecule has 0 aliphatic carbocycles. The number of amides is 1. The number of nitrogens with one attached hydrogen (secondary N) is 1. The number of nitrogen functional groups attached to an aromatic ring is 1. The number of aryl methyl sites for hydroxylation is 1. The van der Waals surface area contributed by atoms with E-state index >= 15 is 0 Å². The summed E-state index contributed by atoms with van der Waals surface area (Å²) in [5, 5.41) is 2.68. The molecule has 0 bridgehead atoms. The second-order valence-corrected chi connectivity index (χ2v) is 5.16. The Labute approximate surface area is 137 Å². The Morgan fingerprint density at radius 2 is 1.96 bits per heavy atom. The van der Waals surface area contributed by atoms with Crippen molar-refractivity contribution in [1.82, 2.24) is 5.32 Å². The van der Waals surface area contributed by atoms with Gasteiger partial charge in [-0.3, -0.25) is 0 Å². The van der Waals surface area contributed by atoms with Crippen LogP contribution in [0.15, 0.2) is 54.6 Å². The van der Waals surface area contributed by atoms with Crippen LogP contribution in [0.2, 0.25) is 0 Å². The molecule has 0 fully saturated rings. The van der Waals surface area contributed by atoms with E-state index in [0.717, 1.165) is 23.2 Å². The number of carbonyl (C=O) groups is 1. The van der Waals surface area contributed by atoms with Crippen LogP contribution in [0, 0.1) is 0 Å². The molecule has 2 rings (SSSR count). The highest BCUT2D eigenvalue weighted by atomic mass is 16.5. The number of anilines is 1. The molecule has 4 heteroatoms. The molecular weight excluding hydrogens is 288 g/mol. The Morgan fingerprint density at radius 1 is 1.17 bits per heavy atom. The topological polar surface area (TPSA) is 64.3 Å². The Hall–Kier alpha value is -2.75. The third kappa shape index (κ3) is 5.51. The molecule has 0 aliphatic rings. The first-order valence-corrected chi connectivity index (χ1v) is 7.68. The number of benzene rings is 2. The van der Waals surface area contributed by atoms with Crippen LogP contribution < -0.4 is 11.1 Å². The van der Waals surface area contributed by atoms with Crippen LogP contribution in [-0.2, 0) is 17.8 Å². The maximum absolute atomic E-state index is 11.6. The normalized spacial score (nSPS) is 10.7. The average Bonchev–Trinajstić information content (AvgIpc) is 2.59. The second-order valence-electron chi connectivity index (χ2n) is 5.16. The van der Waals surface area contributed by atoms with Gasteiger partial charge in [-0.25, -0.2) is 4.79 Å². The molecule has 0 heterocycles. The fraction of sp³-hybridized carbons (Fsp3) is 0.211. The van der Waals surface area contributed by atoms with E-state index in [1.165, 1.54) is 5.56 Å². The fourth-order valence-corrected chi connectivity index (χ4v) is 2.09. The van der Waals surface area contributed by atoms with Crippen molar-refractivity contribution in [3.8, 4) is 0 Å². The van der Waals surface area contributed by atoms with Crippen LogP contribution in [0.25, 0.3) is 6.08 Å². The summed E-state index contributed by atoms with van der Waals surface area (Å²) in [4.78, 5) is 11.6. The van der Waals surface area contributed by atoms with Crippen molar-refractivity contribution in [3.05, 3.63) is 71.3 Å². The van der Waals surface area contributed by atoms with Gasteiger partial charge in [-0.1, -0.05) is 55.5 Å². The van der Waals surface area contributed by atoms with Gasteiger partial charge in [0.1, 0.15) is 6.61 Å². The standard InChI is InChI=1S/C19H22N2O2/c1-2-15-10-11-18(20)17(13-15)9-6-12-21-19(22)23-14-16-7-4-3-5-8-16/h3-11,13H,2,12,14,20H2,1H3,(H,21,22). The maximum Gasteiger partial charge on any atom is 0.407 e. The van der Waals surface area contributed by atoms with Gasteiger partial charge in [-0.15, -0.1) is 0 Å². The molecule has 0 atom stereocenters. The van der Waals surface area contributed by atoms with Crippen molar-refractivity contribution in [2.45, 2.75) is 20.0 Å². The molecule has 3 N–H and O–H groups in total. The van der Waals surface area contributed by atoms with Gasteiger partial charge in [0.15, 0.2) is 0 Å². The Morgan fingerprint density at radius 3 is 2.70 bits per heavy atom. The molecule has 0 radical (unpaired) electrons. The molecule has 0 saturated carbocycles. The van der Waals surface area contributed by atoms with Crippen molar-refractivity contribution in [1.29, 1.82) is 0 Å². The number of nitrogens with two attached hydrogens (primary N) is 1. The first kappa shape index (κ1) is 16.6. The summed E-state index contributed by atoms with van der Waals surface area (Å²) in [6, 6.07) is 15.6. The summed E-state index contributed by atoms with van der Waals surface area (Å²) in [6.07, 6.45) is 4.29. The number of hydrogen-bond acceptors (Lipinski definition) is 3. The molecule has 0 unspecified atom stereocenters. The van der Waals surface area contributed by atoms with E-state index in [9.17, 15) is 4.79 Å². The minimum absolute atomic E-state index is 0.266. The van der Waals surface area contributed by atoms with Gasteiger partial charge in [0.2, 0.25) is 0 Å². The van der Waals surface area contributed by atoms with E-state index < -0.39 is 6.09 Å². The first-order valence-electron chi connectivity index (χ1n) is 7.68. The molecule has 0 saturated heterocycles. The minimum Gasteiger partial charge on any atom is -0.445 e. The van der Waals surface area contributed by atoms with Gasteiger partial charge in [0, 0.05) is 12.2 Å². The molecule has 2 aromatic carbocycles. The van der Waals surface area contributed by atoms with Gasteiger partial charge in [-0.05, 0) is 35.2 Å². The molecule has 2 aromatic rings. The van der Waals surface area contributed by atoms with E-state index in [-0.39, 0.29) is 6.61 Å². The number of alkyl carbamates (subject to hydrolysis) is 1. The van der Waals surface area contributed by atoms with E-state index in [2.05, 4.69) is 18.3 Å². The Kier molecular flexibility index (Phi) is 6.24. The highest BCUT2D eigenvalue weighted by molar-refractivity contribution is 5.68. The van der Waals surface area contributed by atoms with Crippen molar-refractivity contribution >= 4 is 17.9 Å². The molecule has 0 aliphatic heterocycles. The third-order valence-electron chi connectivity index (χ3n) is 3.43. The summed E-state index contributed by atoms with van der Waals surface area (Å²) in [6.45, 7) is 2.76. The SMILES string of the molecule is CCc1ccc(N)c(C=CCNC(=O)OCc2ccccc2)c1. The lowest BCUT2D eigenvalue weighted by Crippen LogP contribution is -2.24. The van der Waals surface area contributed by atoms with Crippen LogP contribution in [0.5, 0.6) is 0 Å². The van der Waals surface area contributed by atoms with Crippen LogP contribution >= 0.6 is 0 Å². The number of rotatable bonds is 6. The van der Waals surface area contributed by atoms with Crippen molar-refractivity contribution in [3.63, 3.8) is 0 Å². The van der Waals surface area contributed by atoms with Gasteiger partial charge >= 0.3 is 6.09 Å². The van der Waals surface area contributed by atoms with Gasteiger partial charge in [0.25, 0.3) is 0 Å². The predicted molar refractivity (Wildman–Crippen MR) is 93.9 cm³/mol. The Balaban J connectivity index is 1.77. The molecule has 120 valence electrons. The largest absolute Gasteiger partial charge is 0.445 e. The molecule has 0 aromatic heterocycles. The number of hydrogen-bond donors (Lipinski definition) is 2. The van der Waals surface area contributed by atoms with E-state index in [1.54, 1.807) is 0 Å². The lowest BCUT2D eigenvalue weighted by atomic mass is 10.1. The van der Waals surface area contributed by atoms with E-state index in [4.69, 9.17) is 10.5 Å². The zero-order chi connectivity index (χ0) is 16.5. The summed E-state index contributed by atoms with van der Waals surface area (Å²) in [7, 11) is 0. The summed E-state index contributed by atoms with van der Waals surface area (Å²) in [5.41, 5.74) is 9.81. The van der Waals surface area contributed by atoms with Crippen molar-refractivity contribution < 1.29 is 9.53 Å². The monoisotopic (exact) mass is 310 g/mol. The zero-order valence-electron chi connectivity index (χ0n) is 13.3. The summed E-state index contributed by atoms with van der Waals surface area (Å²) < 4.78 is 5.13. The maximum atomic E-state index is 11.6. The molecular formula is C19H22N2O2. The molecule has 0 spiro atoms. The minimum atomic E-state index is -0.436. The van der Waals surface area contributed by atoms with Crippen LogP contribution in [0.1, 0.15) is 23.6 Å². The number of carbonyl (C=O) groups excluding carboxylic acids is 1. The highest BCUT2D eigenvalue weighted by Crippen LogP contribution is 2.16. The number of ether oxygens (including phenoxy) is 1. The summed E-state index contributed by atoms with van der Waals surface area (Å²) >= 11 is 0. The molecule has 23 heavy (non-hydrogen) atoms. The molecule has 4 nitrogen and oxygen atoms in total. The van der Waals surface area contributed by atoms with Gasteiger partial charge in [0.05, 0.1) is 0 Å². The van der Waals surface area contributed by atoms with Crippen molar-refractivity contribution in [2.75, 3.05) is 12.3 Å². The van der Waals surface area contributed by atoms with Crippen molar-refractivity contribution in [2.24, 2.45) is 0 Å². The quantitative estimate of drug-likeness (QED) is 0.798. The Bertz CT molecular complexity index is 666. The highest BCUT2D eigenvalue weighted by Gasteiger charge is 2.01. The van der Waals surface area contributed by atoms with Gasteiger partial charge < -0.3 is 15.8 Å². The van der Waals surface area contributed by atoms with Crippen LogP contribution in [-0.4, -0.2) is 12.6 Å². The average molecular weight is 310 g/mol. The molecule has 1 amide bonds. The third-order valence-corrected chi connectivity index (χ3v) is 3.43. The smallest absolute Gasteiger partial charge is 0.407 e. The fourth-order valence-electron chi connectivity index (χ4n) is 2.09. The lowest BCUT2D eigenvalue weighted by molar-refractivity contribution is 0.141. The second kappa shape index (κ2) is 8.63. The predicted octanol–water partition coefficient (Wildman–Crippen LogP) is 3.77.